The number of aromatic nitrogens is 5. The number of hydrogen-bond acceptors (Lipinski definition) is 5. The van der Waals surface area contributed by atoms with Gasteiger partial charge in [-0.25, -0.2) is 9.67 Å². The number of rotatable bonds is 4. The highest BCUT2D eigenvalue weighted by Crippen LogP contribution is 2.28. The van der Waals surface area contributed by atoms with Gasteiger partial charge in [0.05, 0.1) is 16.6 Å². The molecular weight excluding hydrogens is 302 g/mol. The normalized spacial score (nSPS) is 12.9. The molecule has 122 valence electrons. The molecule has 0 saturated heterocycles. The Labute approximate surface area is 138 Å². The summed E-state index contributed by atoms with van der Waals surface area (Å²) in [5.74, 6) is 0.488. The standard InChI is InChI=1S/C17H19N7/c1-11(18)5-8-23-10-14-16(22-23)13-4-3-12(24-7-2-6-20-24)9-15(13)21-17(14)19/h2-4,6-7,9-11H,5,8,18H2,1H3,(H2,19,21). The van der Waals surface area contributed by atoms with Crippen LogP contribution in [0.3, 0.4) is 0 Å². The van der Waals surface area contributed by atoms with Crippen LogP contribution in [0.2, 0.25) is 0 Å². The molecule has 7 heteroatoms. The molecule has 7 nitrogen and oxygen atoms in total. The molecule has 4 N–H and O–H groups in total. The van der Waals surface area contributed by atoms with Crippen molar-refractivity contribution in [1.29, 1.82) is 0 Å². The number of hydrogen-bond donors (Lipinski definition) is 2. The third-order valence-electron chi connectivity index (χ3n) is 4.10. The van der Waals surface area contributed by atoms with Crippen molar-refractivity contribution in [2.24, 2.45) is 5.73 Å². The van der Waals surface area contributed by atoms with Crippen LogP contribution in [-0.2, 0) is 6.54 Å². The van der Waals surface area contributed by atoms with Gasteiger partial charge >= 0.3 is 0 Å². The lowest BCUT2D eigenvalue weighted by molar-refractivity contribution is 0.534. The van der Waals surface area contributed by atoms with Crippen LogP contribution in [0, 0.1) is 0 Å². The Balaban J connectivity index is 1.84. The predicted octanol–water partition coefficient (Wildman–Crippen LogP) is 2.09. The molecule has 0 fully saturated rings. The number of nitrogens with two attached hydrogens (primary N) is 2. The van der Waals surface area contributed by atoms with Crippen molar-refractivity contribution in [2.45, 2.75) is 25.9 Å². The van der Waals surface area contributed by atoms with E-state index in [0.29, 0.717) is 5.82 Å². The SMILES string of the molecule is CC(N)CCn1cc2c(N)nc3cc(-n4cccn4)ccc3c2n1. The number of pyridine rings is 1. The summed E-state index contributed by atoms with van der Waals surface area (Å²) in [5.41, 5.74) is 14.6. The van der Waals surface area contributed by atoms with Crippen molar-refractivity contribution in [2.75, 3.05) is 5.73 Å². The van der Waals surface area contributed by atoms with E-state index < -0.39 is 0 Å². The molecule has 4 rings (SSSR count). The number of fused-ring (bicyclic) bond motifs is 3. The first-order valence-corrected chi connectivity index (χ1v) is 7.94. The van der Waals surface area contributed by atoms with Crippen molar-refractivity contribution < 1.29 is 0 Å². The highest BCUT2D eigenvalue weighted by atomic mass is 15.3. The smallest absolute Gasteiger partial charge is 0.135 e. The fourth-order valence-electron chi connectivity index (χ4n) is 2.83. The second kappa shape index (κ2) is 5.61. The number of nitrogen functional groups attached to an aromatic ring is 1. The van der Waals surface area contributed by atoms with Crippen molar-refractivity contribution in [3.8, 4) is 5.69 Å². The Morgan fingerprint density at radius 1 is 1.25 bits per heavy atom. The van der Waals surface area contributed by atoms with Gasteiger partial charge in [-0.05, 0) is 37.6 Å². The Kier molecular flexibility index (Phi) is 3.42. The maximum atomic E-state index is 6.15. The number of nitrogens with zero attached hydrogens (tertiary/aromatic N) is 5. The zero-order valence-electron chi connectivity index (χ0n) is 13.4. The Morgan fingerprint density at radius 3 is 2.88 bits per heavy atom. The molecule has 3 aromatic heterocycles. The first-order chi connectivity index (χ1) is 11.6. The lowest BCUT2D eigenvalue weighted by Crippen LogP contribution is -2.17. The molecule has 0 aliphatic heterocycles. The maximum Gasteiger partial charge on any atom is 0.135 e. The van der Waals surface area contributed by atoms with E-state index in [1.807, 2.05) is 48.3 Å². The van der Waals surface area contributed by atoms with Crippen molar-refractivity contribution >= 4 is 27.6 Å². The van der Waals surface area contributed by atoms with Gasteiger partial charge in [-0.1, -0.05) is 0 Å². The molecule has 0 amide bonds. The van der Waals surface area contributed by atoms with Crippen LogP contribution in [0.5, 0.6) is 0 Å². The molecule has 1 atom stereocenters. The third-order valence-corrected chi connectivity index (χ3v) is 4.10. The molecular formula is C17H19N7. The van der Waals surface area contributed by atoms with E-state index in [-0.39, 0.29) is 6.04 Å². The summed E-state index contributed by atoms with van der Waals surface area (Å²) in [7, 11) is 0. The summed E-state index contributed by atoms with van der Waals surface area (Å²) in [6.45, 7) is 2.75. The van der Waals surface area contributed by atoms with E-state index in [4.69, 9.17) is 11.5 Å². The van der Waals surface area contributed by atoms with Gasteiger partial charge in [0, 0.05) is 36.6 Å². The van der Waals surface area contributed by atoms with Crippen LogP contribution in [-0.4, -0.2) is 30.6 Å². The topological polar surface area (TPSA) is 101 Å². The summed E-state index contributed by atoms with van der Waals surface area (Å²) < 4.78 is 3.69. The summed E-state index contributed by atoms with van der Waals surface area (Å²) in [6.07, 6.45) is 6.45. The van der Waals surface area contributed by atoms with Gasteiger partial charge in [-0.3, -0.25) is 4.68 Å². The van der Waals surface area contributed by atoms with E-state index in [2.05, 4.69) is 15.2 Å². The van der Waals surface area contributed by atoms with Crippen LogP contribution < -0.4 is 11.5 Å². The van der Waals surface area contributed by atoms with E-state index in [1.54, 1.807) is 10.9 Å². The minimum absolute atomic E-state index is 0.140. The molecule has 0 spiro atoms. The second-order valence-electron chi connectivity index (χ2n) is 6.07. The van der Waals surface area contributed by atoms with Gasteiger partial charge < -0.3 is 11.5 Å². The molecule has 0 bridgehead atoms. The highest BCUT2D eigenvalue weighted by molar-refractivity contribution is 6.07. The van der Waals surface area contributed by atoms with E-state index in [1.165, 1.54) is 0 Å². The van der Waals surface area contributed by atoms with Crippen LogP contribution in [0.25, 0.3) is 27.5 Å². The Hall–Kier alpha value is -2.93. The molecule has 1 aromatic carbocycles. The van der Waals surface area contributed by atoms with Crippen LogP contribution >= 0.6 is 0 Å². The molecule has 24 heavy (non-hydrogen) atoms. The monoisotopic (exact) mass is 321 g/mol. The molecule has 0 aliphatic rings. The number of benzene rings is 1. The highest BCUT2D eigenvalue weighted by Gasteiger charge is 2.12. The molecule has 4 aromatic rings. The summed E-state index contributed by atoms with van der Waals surface area (Å²) >= 11 is 0. The number of anilines is 1. The Bertz CT molecular complexity index is 999. The average Bonchev–Trinajstić information content (AvgIpc) is 3.22. The molecule has 0 radical (unpaired) electrons. The molecule has 0 saturated carbocycles. The van der Waals surface area contributed by atoms with Gasteiger partial charge in [0.15, 0.2) is 0 Å². The zero-order valence-corrected chi connectivity index (χ0v) is 13.4. The fraction of sp³-hybridized carbons (Fsp3) is 0.235. The van der Waals surface area contributed by atoms with Gasteiger partial charge in [-0.2, -0.15) is 10.2 Å². The maximum absolute atomic E-state index is 6.15. The predicted molar refractivity (Wildman–Crippen MR) is 94.8 cm³/mol. The van der Waals surface area contributed by atoms with Crippen LogP contribution in [0.1, 0.15) is 13.3 Å². The minimum Gasteiger partial charge on any atom is -0.383 e. The molecule has 3 heterocycles. The van der Waals surface area contributed by atoms with Gasteiger partial charge in [-0.15, -0.1) is 0 Å². The fourth-order valence-corrected chi connectivity index (χ4v) is 2.83. The molecule has 1 unspecified atom stereocenters. The molecule has 0 aliphatic carbocycles. The van der Waals surface area contributed by atoms with E-state index >= 15 is 0 Å². The summed E-state index contributed by atoms with van der Waals surface area (Å²) in [5, 5.41) is 10.8. The van der Waals surface area contributed by atoms with Gasteiger partial charge in [0.2, 0.25) is 0 Å². The van der Waals surface area contributed by atoms with Crippen molar-refractivity contribution in [3.63, 3.8) is 0 Å². The van der Waals surface area contributed by atoms with E-state index in [9.17, 15) is 0 Å². The van der Waals surface area contributed by atoms with Crippen LogP contribution in [0.15, 0.2) is 42.9 Å². The van der Waals surface area contributed by atoms with Crippen molar-refractivity contribution in [3.05, 3.63) is 42.9 Å². The summed E-state index contributed by atoms with van der Waals surface area (Å²) in [4.78, 5) is 4.54. The lowest BCUT2D eigenvalue weighted by atomic mass is 10.1. The Morgan fingerprint density at radius 2 is 2.12 bits per heavy atom. The first-order valence-electron chi connectivity index (χ1n) is 7.94. The number of aryl methyl sites for hydroxylation is 1. The van der Waals surface area contributed by atoms with Crippen LogP contribution in [0.4, 0.5) is 5.82 Å². The third kappa shape index (κ3) is 2.48. The van der Waals surface area contributed by atoms with E-state index in [0.717, 1.165) is 40.5 Å². The minimum atomic E-state index is 0.140. The average molecular weight is 321 g/mol. The van der Waals surface area contributed by atoms with Crippen molar-refractivity contribution in [1.82, 2.24) is 24.5 Å². The second-order valence-corrected chi connectivity index (χ2v) is 6.07. The zero-order chi connectivity index (χ0) is 16.7. The quantitative estimate of drug-likeness (QED) is 0.599. The largest absolute Gasteiger partial charge is 0.383 e. The first kappa shape index (κ1) is 14.6. The van der Waals surface area contributed by atoms with Gasteiger partial charge in [0.1, 0.15) is 11.3 Å². The lowest BCUT2D eigenvalue weighted by Gasteiger charge is -2.05. The summed E-state index contributed by atoms with van der Waals surface area (Å²) in [6, 6.07) is 8.02. The van der Waals surface area contributed by atoms with Gasteiger partial charge in [0.25, 0.3) is 0 Å².